The number of aliphatic imine (C=N–C) groups is 1. The molecule has 0 amide bonds. The summed E-state index contributed by atoms with van der Waals surface area (Å²) >= 11 is 1.72. The summed E-state index contributed by atoms with van der Waals surface area (Å²) in [6.07, 6.45) is 0. The van der Waals surface area contributed by atoms with Gasteiger partial charge in [-0.05, 0) is 13.8 Å². The molecule has 0 spiro atoms. The summed E-state index contributed by atoms with van der Waals surface area (Å²) in [6, 6.07) is 0. The van der Waals surface area contributed by atoms with Gasteiger partial charge in [0.25, 0.3) is 0 Å². The number of halogens is 1. The lowest BCUT2D eigenvalue weighted by Crippen LogP contribution is -2.34. The highest BCUT2D eigenvalue weighted by Gasteiger charge is 2.04. The van der Waals surface area contributed by atoms with Crippen LogP contribution in [0.5, 0.6) is 0 Å². The molecule has 0 unspecified atom stereocenters. The molecule has 0 radical (unpaired) electrons. The Balaban J connectivity index is 0.00000196. The number of aromatic nitrogens is 1. The number of thiazole rings is 1. The Morgan fingerprint density at radius 1 is 1.47 bits per heavy atom. The van der Waals surface area contributed by atoms with Crippen LogP contribution in [0.2, 0.25) is 0 Å². The molecule has 1 aromatic heterocycles. The molecule has 0 saturated carbocycles. The average molecular weight is 340 g/mol. The van der Waals surface area contributed by atoms with E-state index in [1.807, 2.05) is 14.0 Å². The van der Waals surface area contributed by atoms with Gasteiger partial charge in [-0.2, -0.15) is 0 Å². The lowest BCUT2D eigenvalue weighted by molar-refractivity contribution is 0.835. The van der Waals surface area contributed by atoms with E-state index in [2.05, 4.69) is 27.5 Å². The largest absolute Gasteiger partial charge is 0.359 e. The SMILES string of the molecule is CN=C(NC)NCc1nc(C)sc1C.I. The van der Waals surface area contributed by atoms with Gasteiger partial charge in [0.15, 0.2) is 5.96 Å². The van der Waals surface area contributed by atoms with Crippen molar-refractivity contribution in [3.8, 4) is 0 Å². The minimum Gasteiger partial charge on any atom is -0.359 e. The molecule has 1 aromatic rings. The molecule has 2 N–H and O–H groups in total. The highest BCUT2D eigenvalue weighted by atomic mass is 127. The molecular formula is C9H17IN4S. The Hall–Kier alpha value is -0.370. The highest BCUT2D eigenvalue weighted by molar-refractivity contribution is 14.0. The third-order valence-corrected chi connectivity index (χ3v) is 2.81. The van der Waals surface area contributed by atoms with Crippen molar-refractivity contribution in [2.45, 2.75) is 20.4 Å². The fourth-order valence-electron chi connectivity index (χ4n) is 1.18. The Morgan fingerprint density at radius 2 is 2.13 bits per heavy atom. The molecular weight excluding hydrogens is 323 g/mol. The van der Waals surface area contributed by atoms with Gasteiger partial charge < -0.3 is 10.6 Å². The van der Waals surface area contributed by atoms with Crippen LogP contribution in [-0.4, -0.2) is 25.0 Å². The van der Waals surface area contributed by atoms with Crippen molar-refractivity contribution in [2.75, 3.05) is 14.1 Å². The molecule has 0 aliphatic carbocycles. The van der Waals surface area contributed by atoms with E-state index in [1.165, 1.54) is 4.88 Å². The molecule has 6 heteroatoms. The Kier molecular flexibility index (Phi) is 6.82. The molecule has 1 rings (SSSR count). The second kappa shape index (κ2) is 7.00. The molecule has 86 valence electrons. The van der Waals surface area contributed by atoms with Crippen molar-refractivity contribution >= 4 is 41.3 Å². The minimum atomic E-state index is 0. The number of rotatable bonds is 2. The van der Waals surface area contributed by atoms with E-state index in [0.717, 1.165) is 23.2 Å². The second-order valence-corrected chi connectivity index (χ2v) is 4.32. The molecule has 0 saturated heterocycles. The predicted molar refractivity (Wildman–Crippen MR) is 76.3 cm³/mol. The summed E-state index contributed by atoms with van der Waals surface area (Å²) in [4.78, 5) is 9.72. The maximum Gasteiger partial charge on any atom is 0.191 e. The molecule has 0 fully saturated rings. The van der Waals surface area contributed by atoms with Gasteiger partial charge in [0.2, 0.25) is 0 Å². The Labute approximate surface area is 112 Å². The minimum absolute atomic E-state index is 0. The van der Waals surface area contributed by atoms with Crippen molar-refractivity contribution < 1.29 is 0 Å². The summed E-state index contributed by atoms with van der Waals surface area (Å²) in [5, 5.41) is 7.25. The normalized spacial score (nSPS) is 10.8. The first kappa shape index (κ1) is 14.6. The van der Waals surface area contributed by atoms with E-state index in [-0.39, 0.29) is 24.0 Å². The summed E-state index contributed by atoms with van der Waals surface area (Å²) in [5.41, 5.74) is 1.10. The summed E-state index contributed by atoms with van der Waals surface area (Å²) in [6.45, 7) is 4.83. The number of hydrogen-bond acceptors (Lipinski definition) is 3. The molecule has 0 aromatic carbocycles. The molecule has 1 heterocycles. The van der Waals surface area contributed by atoms with Crippen LogP contribution >= 0.6 is 35.3 Å². The third-order valence-electron chi connectivity index (χ3n) is 1.88. The first-order valence-electron chi connectivity index (χ1n) is 4.48. The Bertz CT molecular complexity index is 335. The number of hydrogen-bond donors (Lipinski definition) is 2. The van der Waals surface area contributed by atoms with E-state index in [0.29, 0.717) is 0 Å². The van der Waals surface area contributed by atoms with Crippen molar-refractivity contribution in [3.05, 3.63) is 15.6 Å². The van der Waals surface area contributed by atoms with Crippen LogP contribution in [-0.2, 0) is 6.54 Å². The highest BCUT2D eigenvalue weighted by Crippen LogP contribution is 2.15. The number of guanidine groups is 1. The number of nitrogens with zero attached hydrogens (tertiary/aromatic N) is 2. The van der Waals surface area contributed by atoms with Crippen LogP contribution in [0.15, 0.2) is 4.99 Å². The van der Waals surface area contributed by atoms with Gasteiger partial charge >= 0.3 is 0 Å². The maximum atomic E-state index is 4.42. The first-order valence-corrected chi connectivity index (χ1v) is 5.30. The van der Waals surface area contributed by atoms with Crippen LogP contribution < -0.4 is 10.6 Å². The van der Waals surface area contributed by atoms with E-state index < -0.39 is 0 Å². The summed E-state index contributed by atoms with van der Waals surface area (Å²) in [5.74, 6) is 0.787. The van der Waals surface area contributed by atoms with E-state index >= 15 is 0 Å². The zero-order valence-electron chi connectivity index (χ0n) is 9.42. The smallest absolute Gasteiger partial charge is 0.191 e. The van der Waals surface area contributed by atoms with Gasteiger partial charge in [0, 0.05) is 19.0 Å². The Morgan fingerprint density at radius 3 is 2.53 bits per heavy atom. The van der Waals surface area contributed by atoms with Crippen LogP contribution in [0.25, 0.3) is 0 Å². The van der Waals surface area contributed by atoms with Crippen molar-refractivity contribution in [3.63, 3.8) is 0 Å². The zero-order valence-corrected chi connectivity index (χ0v) is 12.6. The van der Waals surface area contributed by atoms with Crippen LogP contribution in [0.3, 0.4) is 0 Å². The number of nitrogens with one attached hydrogen (secondary N) is 2. The van der Waals surface area contributed by atoms with Gasteiger partial charge in [-0.15, -0.1) is 35.3 Å². The second-order valence-electron chi connectivity index (χ2n) is 2.91. The molecule has 15 heavy (non-hydrogen) atoms. The lowest BCUT2D eigenvalue weighted by atomic mass is 10.4. The van der Waals surface area contributed by atoms with E-state index in [4.69, 9.17) is 0 Å². The standard InChI is InChI=1S/C9H16N4S.HI/c1-6-8(13-7(2)14-6)5-12-9(10-3)11-4;/h5H2,1-4H3,(H2,10,11,12);1H. The summed E-state index contributed by atoms with van der Waals surface area (Å²) < 4.78 is 0. The van der Waals surface area contributed by atoms with Crippen LogP contribution in [0, 0.1) is 13.8 Å². The van der Waals surface area contributed by atoms with Gasteiger partial charge in [-0.25, -0.2) is 4.98 Å². The van der Waals surface area contributed by atoms with Gasteiger partial charge in [0.05, 0.1) is 17.2 Å². The number of aryl methyl sites for hydroxylation is 2. The molecule has 0 aliphatic rings. The van der Waals surface area contributed by atoms with Crippen LogP contribution in [0.1, 0.15) is 15.6 Å². The summed E-state index contributed by atoms with van der Waals surface area (Å²) in [7, 11) is 3.59. The van der Waals surface area contributed by atoms with Crippen molar-refractivity contribution in [1.29, 1.82) is 0 Å². The fourth-order valence-corrected chi connectivity index (χ4v) is 2.02. The quantitative estimate of drug-likeness (QED) is 0.489. The molecule has 0 aliphatic heterocycles. The van der Waals surface area contributed by atoms with Gasteiger partial charge in [0.1, 0.15) is 0 Å². The van der Waals surface area contributed by atoms with Crippen molar-refractivity contribution in [1.82, 2.24) is 15.6 Å². The van der Waals surface area contributed by atoms with Crippen LogP contribution in [0.4, 0.5) is 0 Å². The topological polar surface area (TPSA) is 49.3 Å². The lowest BCUT2D eigenvalue weighted by Gasteiger charge is -2.06. The van der Waals surface area contributed by atoms with Crippen molar-refractivity contribution in [2.24, 2.45) is 4.99 Å². The average Bonchev–Trinajstić information content (AvgIpc) is 2.47. The van der Waals surface area contributed by atoms with E-state index in [9.17, 15) is 0 Å². The molecule has 0 atom stereocenters. The monoisotopic (exact) mass is 340 g/mol. The maximum absolute atomic E-state index is 4.42. The molecule has 4 nitrogen and oxygen atoms in total. The van der Waals surface area contributed by atoms with Gasteiger partial charge in [-0.3, -0.25) is 4.99 Å². The zero-order chi connectivity index (χ0) is 10.6. The first-order chi connectivity index (χ1) is 6.67. The molecule has 0 bridgehead atoms. The fraction of sp³-hybridized carbons (Fsp3) is 0.556. The predicted octanol–water partition coefficient (Wildman–Crippen LogP) is 1.67. The van der Waals surface area contributed by atoms with E-state index in [1.54, 1.807) is 18.4 Å². The van der Waals surface area contributed by atoms with Gasteiger partial charge in [-0.1, -0.05) is 0 Å². The third kappa shape index (κ3) is 4.33.